The lowest BCUT2D eigenvalue weighted by molar-refractivity contribution is -0.156. The first-order chi connectivity index (χ1) is 10.7. The van der Waals surface area contributed by atoms with Crippen molar-refractivity contribution in [1.29, 1.82) is 0 Å². The fourth-order valence-electron chi connectivity index (χ4n) is 3.19. The van der Waals surface area contributed by atoms with Crippen LogP contribution in [-0.2, 0) is 24.5 Å². The van der Waals surface area contributed by atoms with Crippen molar-refractivity contribution in [2.24, 2.45) is 5.92 Å². The highest BCUT2D eigenvalue weighted by atomic mass is 19.1. The van der Waals surface area contributed by atoms with Gasteiger partial charge in [0.05, 0.1) is 25.0 Å². The predicted molar refractivity (Wildman–Crippen MR) is 83.5 cm³/mol. The molecule has 0 amide bonds. The van der Waals surface area contributed by atoms with E-state index in [2.05, 4.69) is 0 Å². The lowest BCUT2D eigenvalue weighted by atomic mass is 9.69. The van der Waals surface area contributed by atoms with Gasteiger partial charge in [0.15, 0.2) is 0 Å². The molecule has 3 atom stereocenters. The highest BCUT2D eigenvalue weighted by molar-refractivity contribution is 5.74. The van der Waals surface area contributed by atoms with Crippen LogP contribution in [0.3, 0.4) is 0 Å². The van der Waals surface area contributed by atoms with Crippen LogP contribution >= 0.6 is 0 Å². The topological polar surface area (TPSA) is 52.6 Å². The summed E-state index contributed by atoms with van der Waals surface area (Å²) < 4.78 is 25.4. The van der Waals surface area contributed by atoms with Gasteiger partial charge in [-0.25, -0.2) is 4.39 Å². The summed E-state index contributed by atoms with van der Waals surface area (Å²) in [6, 6.07) is 6.21. The Morgan fingerprint density at radius 3 is 2.65 bits per heavy atom. The highest BCUT2D eigenvalue weighted by Gasteiger charge is 2.52. The monoisotopic (exact) mass is 322 g/mol. The second-order valence-corrected chi connectivity index (χ2v) is 7.08. The van der Waals surface area contributed by atoms with Gasteiger partial charge in [-0.3, -0.25) is 4.79 Å². The van der Waals surface area contributed by atoms with Crippen LogP contribution in [0.25, 0.3) is 0 Å². The Hall–Kier alpha value is -1.75. The van der Waals surface area contributed by atoms with Gasteiger partial charge in [-0.1, -0.05) is 18.2 Å². The third-order valence-electron chi connectivity index (χ3n) is 4.18. The second-order valence-electron chi connectivity index (χ2n) is 7.08. The number of carbonyl (C=O) groups excluding carboxylic acids is 2. The van der Waals surface area contributed by atoms with Crippen LogP contribution < -0.4 is 0 Å². The molecule has 0 spiro atoms. The van der Waals surface area contributed by atoms with Crippen LogP contribution in [0.1, 0.15) is 39.7 Å². The first kappa shape index (κ1) is 17.6. The molecule has 1 aromatic carbocycles. The largest absolute Gasteiger partial charge is 0.460 e. The molecule has 1 fully saturated rings. The molecule has 0 saturated carbocycles. The molecule has 23 heavy (non-hydrogen) atoms. The van der Waals surface area contributed by atoms with Crippen LogP contribution in [0.5, 0.6) is 0 Å². The Morgan fingerprint density at radius 1 is 1.43 bits per heavy atom. The van der Waals surface area contributed by atoms with Gasteiger partial charge in [-0.05, 0) is 39.3 Å². The number of hydrogen-bond donors (Lipinski definition) is 0. The number of aldehydes is 1. The molecule has 0 unspecified atom stereocenters. The lowest BCUT2D eigenvalue weighted by Gasteiger charge is -2.33. The summed E-state index contributed by atoms with van der Waals surface area (Å²) in [5.74, 6) is -1.52. The molecule has 0 radical (unpaired) electrons. The van der Waals surface area contributed by atoms with Crippen molar-refractivity contribution in [3.63, 3.8) is 0 Å². The Bertz CT molecular complexity index is 593. The van der Waals surface area contributed by atoms with Crippen molar-refractivity contribution in [3.8, 4) is 0 Å². The van der Waals surface area contributed by atoms with Gasteiger partial charge >= 0.3 is 5.97 Å². The first-order valence-electron chi connectivity index (χ1n) is 7.73. The van der Waals surface area contributed by atoms with E-state index in [0.717, 1.165) is 6.29 Å². The number of benzene rings is 1. The van der Waals surface area contributed by atoms with E-state index in [1.54, 1.807) is 45.9 Å². The second kappa shape index (κ2) is 6.40. The van der Waals surface area contributed by atoms with E-state index in [1.807, 2.05) is 0 Å². The summed E-state index contributed by atoms with van der Waals surface area (Å²) in [5, 5.41) is 0. The third-order valence-corrected chi connectivity index (χ3v) is 4.18. The summed E-state index contributed by atoms with van der Waals surface area (Å²) >= 11 is 0. The number of rotatable bonds is 4. The van der Waals surface area contributed by atoms with E-state index >= 15 is 0 Å². The molecule has 1 heterocycles. The molecule has 1 aliphatic heterocycles. The summed E-state index contributed by atoms with van der Waals surface area (Å²) in [5.41, 5.74) is -1.35. The minimum Gasteiger partial charge on any atom is -0.460 e. The molecule has 126 valence electrons. The number of esters is 1. The van der Waals surface area contributed by atoms with Crippen molar-refractivity contribution in [3.05, 3.63) is 35.6 Å². The van der Waals surface area contributed by atoms with Crippen molar-refractivity contribution in [1.82, 2.24) is 0 Å². The third kappa shape index (κ3) is 3.61. The van der Waals surface area contributed by atoms with E-state index in [1.165, 1.54) is 6.07 Å². The van der Waals surface area contributed by atoms with Crippen LogP contribution in [-0.4, -0.2) is 30.6 Å². The van der Waals surface area contributed by atoms with Crippen LogP contribution in [0.15, 0.2) is 24.3 Å². The van der Waals surface area contributed by atoms with Gasteiger partial charge < -0.3 is 14.3 Å². The van der Waals surface area contributed by atoms with Gasteiger partial charge in [-0.2, -0.15) is 0 Å². The Kier molecular flexibility index (Phi) is 4.90. The normalized spacial score (nSPS) is 27.7. The molecule has 5 heteroatoms. The Labute approximate surface area is 136 Å². The number of hydrogen-bond acceptors (Lipinski definition) is 4. The molecule has 2 rings (SSSR count). The molecule has 1 aromatic rings. The van der Waals surface area contributed by atoms with Gasteiger partial charge in [0, 0.05) is 5.41 Å². The van der Waals surface area contributed by atoms with Gasteiger partial charge in [0.1, 0.15) is 17.7 Å². The summed E-state index contributed by atoms with van der Waals surface area (Å²) in [7, 11) is 0. The summed E-state index contributed by atoms with van der Waals surface area (Å²) in [4.78, 5) is 24.0. The van der Waals surface area contributed by atoms with E-state index in [-0.39, 0.29) is 19.1 Å². The van der Waals surface area contributed by atoms with E-state index in [9.17, 15) is 14.0 Å². The lowest BCUT2D eigenvalue weighted by Crippen LogP contribution is -2.41. The molecule has 0 N–H and O–H groups in total. The van der Waals surface area contributed by atoms with Crippen LogP contribution in [0.4, 0.5) is 4.39 Å². The molecular formula is C18H23FO4. The molecule has 1 saturated heterocycles. The van der Waals surface area contributed by atoms with Gasteiger partial charge in [-0.15, -0.1) is 0 Å². The Balaban J connectivity index is 2.43. The molecule has 0 bridgehead atoms. The van der Waals surface area contributed by atoms with Gasteiger partial charge in [0.25, 0.3) is 0 Å². The minimum atomic E-state index is -1.03. The minimum absolute atomic E-state index is 0.0983. The number of carbonyl (C=O) groups is 2. The SMILES string of the molecule is C[C@H]1OC[C@@](CC(=O)OC(C)(C)C)(c2ccccc2F)[C@@H]1C=O. The molecule has 4 nitrogen and oxygen atoms in total. The fraction of sp³-hybridized carbons (Fsp3) is 0.556. The maximum atomic E-state index is 14.4. The highest BCUT2D eigenvalue weighted by Crippen LogP contribution is 2.44. The average molecular weight is 322 g/mol. The smallest absolute Gasteiger partial charge is 0.307 e. The van der Waals surface area contributed by atoms with E-state index < -0.39 is 28.7 Å². The average Bonchev–Trinajstić information content (AvgIpc) is 2.74. The molecule has 0 aliphatic carbocycles. The zero-order valence-corrected chi connectivity index (χ0v) is 14.0. The Morgan fingerprint density at radius 2 is 2.09 bits per heavy atom. The van der Waals surface area contributed by atoms with Crippen molar-refractivity contribution in [2.45, 2.75) is 51.2 Å². The van der Waals surface area contributed by atoms with Crippen LogP contribution in [0, 0.1) is 11.7 Å². The zero-order chi connectivity index (χ0) is 17.3. The molecular weight excluding hydrogens is 299 g/mol. The van der Waals surface area contributed by atoms with E-state index in [0.29, 0.717) is 5.56 Å². The van der Waals surface area contributed by atoms with Crippen molar-refractivity contribution in [2.75, 3.05) is 6.61 Å². The van der Waals surface area contributed by atoms with Gasteiger partial charge in [0.2, 0.25) is 0 Å². The van der Waals surface area contributed by atoms with Crippen molar-refractivity contribution >= 4 is 12.3 Å². The standard InChI is InChI=1S/C18H23FO4/c1-12-14(10-20)18(11-22-12,9-16(21)23-17(2,3)4)13-7-5-6-8-15(13)19/h5-8,10,12,14H,9,11H2,1-4H3/t12-,14-,18+/m1/s1. The quantitative estimate of drug-likeness (QED) is 0.631. The van der Waals surface area contributed by atoms with Crippen molar-refractivity contribution < 1.29 is 23.5 Å². The van der Waals surface area contributed by atoms with Crippen LogP contribution in [0.2, 0.25) is 0 Å². The molecule has 1 aliphatic rings. The number of halogens is 1. The van der Waals surface area contributed by atoms with E-state index in [4.69, 9.17) is 9.47 Å². The predicted octanol–water partition coefficient (Wildman–Crippen LogP) is 3.03. The summed E-state index contributed by atoms with van der Waals surface area (Å²) in [6.45, 7) is 7.18. The number of ether oxygens (including phenoxy) is 2. The fourth-order valence-corrected chi connectivity index (χ4v) is 3.19. The zero-order valence-electron chi connectivity index (χ0n) is 14.0. The maximum Gasteiger partial charge on any atom is 0.307 e. The first-order valence-corrected chi connectivity index (χ1v) is 7.73. The summed E-state index contributed by atoms with van der Waals surface area (Å²) in [6.07, 6.45) is 0.280. The maximum absolute atomic E-state index is 14.4. The molecule has 0 aromatic heterocycles.